The fourth-order valence-corrected chi connectivity index (χ4v) is 4.32. The van der Waals surface area contributed by atoms with Gasteiger partial charge in [0.15, 0.2) is 0 Å². The number of rotatable bonds is 9. The van der Waals surface area contributed by atoms with Gasteiger partial charge in [-0.2, -0.15) is 49.2 Å². The summed E-state index contributed by atoms with van der Waals surface area (Å²) in [6, 6.07) is 44.1. The number of nitrogens with one attached hydrogen (secondary N) is 1. The van der Waals surface area contributed by atoms with E-state index in [0.717, 1.165) is 59.6 Å². The zero-order valence-electron chi connectivity index (χ0n) is 25.4. The summed E-state index contributed by atoms with van der Waals surface area (Å²) in [4.78, 5) is 0. The van der Waals surface area contributed by atoms with Gasteiger partial charge in [0.2, 0.25) is 0 Å². The van der Waals surface area contributed by atoms with E-state index in [0.29, 0.717) is 11.7 Å². The minimum Gasteiger partial charge on any atom is -0.683 e. The fraction of sp³-hybridized carbons (Fsp3) is 0.179. The van der Waals surface area contributed by atoms with Gasteiger partial charge in [-0.15, -0.1) is 36.5 Å². The Hall–Kier alpha value is -3.72. The van der Waals surface area contributed by atoms with Crippen LogP contribution in [0.4, 0.5) is 5.69 Å². The minimum absolute atomic E-state index is 0. The SMILES string of the molecule is CC(C)c1ccccc1[N-]CCNCCc1cccc(-c2ccccc2)c1O.[CH2-]c1ccccc1.[CH2-]c1ccccc1.[Zr+4]. The van der Waals surface area contributed by atoms with Gasteiger partial charge in [0.1, 0.15) is 5.75 Å². The molecule has 0 aliphatic rings. The van der Waals surface area contributed by atoms with Crippen LogP contribution in [-0.2, 0) is 32.6 Å². The molecule has 3 nitrogen and oxygen atoms in total. The van der Waals surface area contributed by atoms with E-state index in [1.165, 1.54) is 5.56 Å². The summed E-state index contributed by atoms with van der Waals surface area (Å²) in [5.74, 6) is 0.860. The van der Waals surface area contributed by atoms with Crippen LogP contribution in [0.5, 0.6) is 5.75 Å². The van der Waals surface area contributed by atoms with Crippen LogP contribution in [0.25, 0.3) is 16.4 Å². The van der Waals surface area contributed by atoms with Crippen LogP contribution in [0, 0.1) is 13.8 Å². The summed E-state index contributed by atoms with van der Waals surface area (Å²) in [5.41, 5.74) is 7.43. The number of para-hydroxylation sites is 2. The maximum Gasteiger partial charge on any atom is 4.00 e. The zero-order valence-corrected chi connectivity index (χ0v) is 27.9. The van der Waals surface area contributed by atoms with E-state index in [1.54, 1.807) is 0 Å². The van der Waals surface area contributed by atoms with Crippen LogP contribution in [-0.4, -0.2) is 24.7 Å². The van der Waals surface area contributed by atoms with Crippen molar-refractivity contribution in [1.29, 1.82) is 0 Å². The van der Waals surface area contributed by atoms with Crippen molar-refractivity contribution >= 4 is 5.69 Å². The van der Waals surface area contributed by atoms with Gasteiger partial charge in [-0.25, -0.2) is 0 Å². The quantitative estimate of drug-likeness (QED) is 0.124. The number of phenols is 1. The molecule has 0 atom stereocenters. The van der Waals surface area contributed by atoms with Crippen LogP contribution in [0.15, 0.2) is 133 Å². The number of phenolic OH excluding ortho intramolecular Hbond substituents is 1. The predicted molar refractivity (Wildman–Crippen MR) is 180 cm³/mol. The van der Waals surface area contributed by atoms with Crippen LogP contribution >= 0.6 is 0 Å². The standard InChI is InChI=1S/C25H29N2O.2C7H7.Zr/c1-19(2)22-12-6-7-14-24(22)27-18-17-26-16-15-21-11-8-13-23(25(21)28)20-9-4-3-5-10-20;2*1-7-5-3-2-4-6-7;/h3-14,19,26,28H,15-18H2,1-2H3;2*2-6H,1H2;/q3*-1;+4. The molecule has 0 aliphatic heterocycles. The Morgan fingerprint density at radius 2 is 1.19 bits per heavy atom. The van der Waals surface area contributed by atoms with Gasteiger partial charge in [0, 0.05) is 5.56 Å². The molecule has 2 N–H and O–H groups in total. The summed E-state index contributed by atoms with van der Waals surface area (Å²) in [6.07, 6.45) is 0.787. The molecule has 43 heavy (non-hydrogen) atoms. The normalized spacial score (nSPS) is 9.93. The van der Waals surface area contributed by atoms with Gasteiger partial charge in [-0.05, 0) is 36.6 Å². The number of hydrogen-bond donors (Lipinski definition) is 2. The first-order valence-corrected chi connectivity index (χ1v) is 14.5. The molecule has 0 radical (unpaired) electrons. The molecule has 0 aliphatic carbocycles. The third kappa shape index (κ3) is 13.0. The molecule has 0 fully saturated rings. The molecule has 0 bridgehead atoms. The fourth-order valence-electron chi connectivity index (χ4n) is 4.32. The minimum atomic E-state index is 0. The molecule has 0 unspecified atom stereocenters. The van der Waals surface area contributed by atoms with Crippen LogP contribution in [0.2, 0.25) is 0 Å². The summed E-state index contributed by atoms with van der Waals surface area (Å²) < 4.78 is 0. The van der Waals surface area contributed by atoms with Crippen molar-refractivity contribution in [3.8, 4) is 16.9 Å². The van der Waals surface area contributed by atoms with Gasteiger partial charge in [-0.3, -0.25) is 0 Å². The molecule has 0 saturated carbocycles. The maximum absolute atomic E-state index is 10.6. The van der Waals surface area contributed by atoms with E-state index in [4.69, 9.17) is 5.32 Å². The Bertz CT molecular complexity index is 1390. The first-order chi connectivity index (χ1) is 20.5. The van der Waals surface area contributed by atoms with Gasteiger partial charge < -0.3 is 15.7 Å². The Balaban J connectivity index is 0.000000350. The van der Waals surface area contributed by atoms with Crippen LogP contribution in [0.1, 0.15) is 42.0 Å². The van der Waals surface area contributed by atoms with Gasteiger partial charge in [-0.1, -0.05) is 104 Å². The Labute approximate surface area is 278 Å². The van der Waals surface area contributed by atoms with E-state index >= 15 is 0 Å². The number of hydrogen-bond acceptors (Lipinski definition) is 2. The van der Waals surface area contributed by atoms with E-state index < -0.39 is 0 Å². The molecule has 0 amide bonds. The number of benzene rings is 5. The molecule has 0 spiro atoms. The Kier molecular flexibility index (Phi) is 16.7. The van der Waals surface area contributed by atoms with Crippen molar-refractivity contribution in [1.82, 2.24) is 5.32 Å². The molecular weight excluding hydrogens is 604 g/mol. The molecule has 5 rings (SSSR count). The number of aromatic hydroxyl groups is 1. The topological polar surface area (TPSA) is 46.4 Å². The average Bonchev–Trinajstić information content (AvgIpc) is 3.01. The molecule has 5 aromatic carbocycles. The van der Waals surface area contributed by atoms with E-state index in [-0.39, 0.29) is 26.2 Å². The van der Waals surface area contributed by atoms with Crippen LogP contribution < -0.4 is 5.32 Å². The van der Waals surface area contributed by atoms with Crippen molar-refractivity contribution in [3.63, 3.8) is 0 Å². The van der Waals surface area contributed by atoms with Gasteiger partial charge >= 0.3 is 26.2 Å². The van der Waals surface area contributed by atoms with Crippen molar-refractivity contribution in [2.45, 2.75) is 26.2 Å². The zero-order chi connectivity index (χ0) is 30.0. The molecular formula is C39H43N2OZr+. The first-order valence-electron chi connectivity index (χ1n) is 14.5. The molecule has 218 valence electrons. The van der Waals surface area contributed by atoms with Crippen molar-refractivity contribution in [2.24, 2.45) is 0 Å². The largest absolute Gasteiger partial charge is 4.00 e. The van der Waals surface area contributed by atoms with E-state index in [1.807, 2.05) is 115 Å². The van der Waals surface area contributed by atoms with Crippen molar-refractivity contribution < 1.29 is 31.3 Å². The van der Waals surface area contributed by atoms with Crippen molar-refractivity contribution in [2.75, 3.05) is 19.6 Å². The third-order valence-electron chi connectivity index (χ3n) is 6.59. The molecule has 5 aromatic rings. The monoisotopic (exact) mass is 645 g/mol. The maximum atomic E-state index is 10.6. The summed E-state index contributed by atoms with van der Waals surface area (Å²) >= 11 is 0. The molecule has 0 saturated heterocycles. The van der Waals surface area contributed by atoms with Gasteiger partial charge in [0.05, 0.1) is 0 Å². The number of nitrogens with zero attached hydrogens (tertiary/aromatic N) is 1. The van der Waals surface area contributed by atoms with E-state index in [9.17, 15) is 5.11 Å². The smallest absolute Gasteiger partial charge is 0.683 e. The van der Waals surface area contributed by atoms with Crippen LogP contribution in [0.3, 0.4) is 0 Å². The predicted octanol–water partition coefficient (Wildman–Crippen LogP) is 9.76. The van der Waals surface area contributed by atoms with Gasteiger partial charge in [0.25, 0.3) is 0 Å². The van der Waals surface area contributed by atoms with E-state index in [2.05, 4.69) is 51.2 Å². The molecule has 0 heterocycles. The molecule has 4 heteroatoms. The van der Waals surface area contributed by atoms with Crippen molar-refractivity contribution in [3.05, 3.63) is 175 Å². The third-order valence-corrected chi connectivity index (χ3v) is 6.59. The second-order valence-corrected chi connectivity index (χ2v) is 10.2. The summed E-state index contributed by atoms with van der Waals surface area (Å²) in [5, 5.41) is 18.8. The average molecular weight is 647 g/mol. The molecule has 0 aromatic heterocycles. The Morgan fingerprint density at radius 1 is 0.651 bits per heavy atom. The summed E-state index contributed by atoms with van der Waals surface area (Å²) in [7, 11) is 0. The Morgan fingerprint density at radius 3 is 1.72 bits per heavy atom. The second-order valence-electron chi connectivity index (χ2n) is 10.2. The summed E-state index contributed by atoms with van der Waals surface area (Å²) in [6.45, 7) is 14.2. The first kappa shape index (κ1) is 35.5. The second kappa shape index (κ2) is 20.2.